The van der Waals surface area contributed by atoms with Crippen molar-refractivity contribution in [1.82, 2.24) is 9.21 Å². The lowest BCUT2D eigenvalue weighted by molar-refractivity contribution is 0.202. The number of nitrogens with zero attached hydrogens (tertiary/aromatic N) is 2. The van der Waals surface area contributed by atoms with Crippen LogP contribution in [0.5, 0.6) is 0 Å². The molecule has 0 aliphatic carbocycles. The number of piperidine rings is 1. The topological polar surface area (TPSA) is 40.6 Å². The van der Waals surface area contributed by atoms with Crippen molar-refractivity contribution in [2.75, 3.05) is 33.7 Å². The predicted molar refractivity (Wildman–Crippen MR) is 86.2 cm³/mol. The maximum atomic E-state index is 12.7. The van der Waals surface area contributed by atoms with Gasteiger partial charge in [0.15, 0.2) is 0 Å². The summed E-state index contributed by atoms with van der Waals surface area (Å²) in [4.78, 5) is 2.59. The zero-order valence-electron chi connectivity index (χ0n) is 12.8. The Morgan fingerprint density at radius 3 is 2.57 bits per heavy atom. The maximum Gasteiger partial charge on any atom is 0.243 e. The van der Waals surface area contributed by atoms with E-state index in [0.717, 1.165) is 25.9 Å². The van der Waals surface area contributed by atoms with Gasteiger partial charge in [-0.1, -0.05) is 17.7 Å². The third kappa shape index (κ3) is 3.77. The molecule has 1 heterocycles. The Morgan fingerprint density at radius 2 is 1.95 bits per heavy atom. The summed E-state index contributed by atoms with van der Waals surface area (Å²) in [7, 11) is 0.294. The van der Waals surface area contributed by atoms with Crippen molar-refractivity contribution in [2.24, 2.45) is 5.92 Å². The van der Waals surface area contributed by atoms with Gasteiger partial charge in [-0.3, -0.25) is 0 Å². The van der Waals surface area contributed by atoms with Crippen molar-refractivity contribution in [2.45, 2.75) is 24.7 Å². The number of hydrogen-bond donors (Lipinski definition) is 0. The second-order valence-corrected chi connectivity index (χ2v) is 8.32. The molecule has 2 rings (SSSR count). The molecule has 0 amide bonds. The molecule has 4 nitrogen and oxygen atoms in total. The second-order valence-electron chi connectivity index (χ2n) is 5.90. The Morgan fingerprint density at radius 1 is 1.33 bits per heavy atom. The van der Waals surface area contributed by atoms with Crippen molar-refractivity contribution in [1.29, 1.82) is 0 Å². The first-order valence-corrected chi connectivity index (χ1v) is 9.04. The fourth-order valence-corrected chi connectivity index (χ4v) is 4.46. The molecule has 1 aromatic rings. The van der Waals surface area contributed by atoms with Crippen molar-refractivity contribution in [3.63, 3.8) is 0 Å². The van der Waals surface area contributed by atoms with E-state index in [1.165, 1.54) is 4.31 Å². The highest BCUT2D eigenvalue weighted by atomic mass is 35.5. The van der Waals surface area contributed by atoms with Gasteiger partial charge in [-0.25, -0.2) is 12.7 Å². The smallest absolute Gasteiger partial charge is 0.243 e. The minimum Gasteiger partial charge on any atom is -0.306 e. The van der Waals surface area contributed by atoms with Crippen LogP contribution in [0.1, 0.15) is 18.4 Å². The number of halogens is 1. The van der Waals surface area contributed by atoms with Crippen LogP contribution in [0.15, 0.2) is 23.1 Å². The molecule has 118 valence electrons. The zero-order valence-corrected chi connectivity index (χ0v) is 14.4. The normalized spacial score (nSPS) is 18.3. The third-order valence-corrected chi connectivity index (χ3v) is 6.64. The SMILES string of the molecule is Cc1c(Cl)cccc1S(=O)(=O)N(C)CC1CCN(C)CC1. The average molecular weight is 331 g/mol. The minimum absolute atomic E-state index is 0.311. The molecule has 1 aromatic carbocycles. The molecule has 1 saturated heterocycles. The van der Waals surface area contributed by atoms with E-state index in [-0.39, 0.29) is 0 Å². The lowest BCUT2D eigenvalue weighted by Gasteiger charge is -2.31. The number of hydrogen-bond acceptors (Lipinski definition) is 3. The summed E-state index contributed by atoms with van der Waals surface area (Å²) >= 11 is 6.04. The summed E-state index contributed by atoms with van der Waals surface area (Å²) in [5.41, 5.74) is 0.620. The van der Waals surface area contributed by atoms with E-state index in [1.807, 2.05) is 0 Å². The molecule has 1 aliphatic heterocycles. The lowest BCUT2D eigenvalue weighted by atomic mass is 9.97. The van der Waals surface area contributed by atoms with E-state index in [9.17, 15) is 8.42 Å². The van der Waals surface area contributed by atoms with Gasteiger partial charge in [-0.05, 0) is 63.5 Å². The van der Waals surface area contributed by atoms with E-state index in [1.54, 1.807) is 32.2 Å². The molecule has 0 bridgehead atoms. The molecule has 0 unspecified atom stereocenters. The number of sulfonamides is 1. The van der Waals surface area contributed by atoms with E-state index < -0.39 is 10.0 Å². The fraction of sp³-hybridized carbons (Fsp3) is 0.600. The molecule has 0 saturated carbocycles. The Hall–Kier alpha value is -0.620. The van der Waals surface area contributed by atoms with Crippen molar-refractivity contribution in [3.8, 4) is 0 Å². The van der Waals surface area contributed by atoms with Gasteiger partial charge in [0.05, 0.1) is 4.90 Å². The van der Waals surface area contributed by atoms with E-state index >= 15 is 0 Å². The highest BCUT2D eigenvalue weighted by Crippen LogP contribution is 2.26. The molecule has 0 spiro atoms. The molecule has 6 heteroatoms. The van der Waals surface area contributed by atoms with Crippen LogP contribution in [0, 0.1) is 12.8 Å². The monoisotopic (exact) mass is 330 g/mol. The minimum atomic E-state index is -3.47. The van der Waals surface area contributed by atoms with Crippen LogP contribution in [-0.2, 0) is 10.0 Å². The summed E-state index contributed by atoms with van der Waals surface area (Å²) in [6.07, 6.45) is 2.09. The highest BCUT2D eigenvalue weighted by Gasteiger charge is 2.27. The highest BCUT2D eigenvalue weighted by molar-refractivity contribution is 7.89. The predicted octanol–water partition coefficient (Wildman–Crippen LogP) is 2.61. The van der Waals surface area contributed by atoms with E-state index in [4.69, 9.17) is 11.6 Å². The molecule has 21 heavy (non-hydrogen) atoms. The van der Waals surface area contributed by atoms with Crippen molar-refractivity contribution >= 4 is 21.6 Å². The van der Waals surface area contributed by atoms with Crippen molar-refractivity contribution in [3.05, 3.63) is 28.8 Å². The Balaban J connectivity index is 2.13. The van der Waals surface area contributed by atoms with Gasteiger partial charge in [0.2, 0.25) is 10.0 Å². The van der Waals surface area contributed by atoms with Gasteiger partial charge >= 0.3 is 0 Å². The van der Waals surface area contributed by atoms with E-state index in [2.05, 4.69) is 11.9 Å². The molecule has 0 atom stereocenters. The van der Waals surface area contributed by atoms with Gasteiger partial charge in [0, 0.05) is 18.6 Å². The van der Waals surface area contributed by atoms with Gasteiger partial charge < -0.3 is 4.90 Å². The summed E-state index contributed by atoms with van der Waals surface area (Å²) in [6, 6.07) is 5.03. The number of benzene rings is 1. The first-order valence-electron chi connectivity index (χ1n) is 7.22. The summed E-state index contributed by atoms with van der Waals surface area (Å²) < 4.78 is 26.9. The van der Waals surface area contributed by atoms with Crippen LogP contribution in [0.2, 0.25) is 5.02 Å². The van der Waals surface area contributed by atoms with Gasteiger partial charge in [0.25, 0.3) is 0 Å². The summed E-state index contributed by atoms with van der Waals surface area (Å²) in [5, 5.41) is 0.490. The van der Waals surface area contributed by atoms with E-state index in [0.29, 0.717) is 27.9 Å². The summed E-state index contributed by atoms with van der Waals surface area (Å²) in [5.74, 6) is 0.431. The van der Waals surface area contributed by atoms with Crippen LogP contribution < -0.4 is 0 Å². The Kier molecular flexibility index (Phi) is 5.30. The molecule has 0 aromatic heterocycles. The lowest BCUT2D eigenvalue weighted by Crippen LogP contribution is -2.38. The average Bonchev–Trinajstić information content (AvgIpc) is 2.44. The number of rotatable bonds is 4. The third-order valence-electron chi connectivity index (χ3n) is 4.26. The fourth-order valence-electron chi connectivity index (χ4n) is 2.74. The quantitative estimate of drug-likeness (QED) is 0.852. The molecule has 1 aliphatic rings. The maximum absolute atomic E-state index is 12.7. The van der Waals surface area contributed by atoms with Gasteiger partial charge in [-0.15, -0.1) is 0 Å². The van der Waals surface area contributed by atoms with Crippen molar-refractivity contribution < 1.29 is 8.42 Å². The second kappa shape index (κ2) is 6.65. The largest absolute Gasteiger partial charge is 0.306 e. The summed E-state index contributed by atoms with van der Waals surface area (Å²) in [6.45, 7) is 4.39. The van der Waals surface area contributed by atoms with Crippen LogP contribution in [0.4, 0.5) is 0 Å². The van der Waals surface area contributed by atoms with Gasteiger partial charge in [0.1, 0.15) is 0 Å². The standard InChI is InChI=1S/C15H23ClN2O2S/c1-12-14(16)5-4-6-15(12)21(19,20)18(3)11-13-7-9-17(2)10-8-13/h4-6,13H,7-11H2,1-3H3. The van der Waals surface area contributed by atoms with Crippen LogP contribution in [-0.4, -0.2) is 51.4 Å². The van der Waals surface area contributed by atoms with Gasteiger partial charge in [-0.2, -0.15) is 0 Å². The molecular formula is C15H23ClN2O2S. The first-order chi connectivity index (χ1) is 9.82. The van der Waals surface area contributed by atoms with Crippen LogP contribution >= 0.6 is 11.6 Å². The van der Waals surface area contributed by atoms with Crippen LogP contribution in [0.25, 0.3) is 0 Å². The molecular weight excluding hydrogens is 308 g/mol. The van der Waals surface area contributed by atoms with Crippen LogP contribution in [0.3, 0.4) is 0 Å². The Bertz CT molecular complexity index is 596. The molecule has 0 N–H and O–H groups in total. The molecule has 1 fully saturated rings. The Labute approximate surface area is 132 Å². The molecule has 0 radical (unpaired) electrons. The first kappa shape index (κ1) is 16.7. The zero-order chi connectivity index (χ0) is 15.6. The number of likely N-dealkylation sites (tertiary alicyclic amines) is 1.